The van der Waals surface area contributed by atoms with Crippen LogP contribution in [0.4, 0.5) is 5.69 Å². The van der Waals surface area contributed by atoms with Crippen LogP contribution in [0.1, 0.15) is 78.2 Å². The van der Waals surface area contributed by atoms with Gasteiger partial charge in [-0.2, -0.15) is 5.10 Å². The maximum absolute atomic E-state index is 14.2. The van der Waals surface area contributed by atoms with Gasteiger partial charge in [-0.15, -0.1) is 0 Å². The first-order chi connectivity index (χ1) is 22.3. The third-order valence-electron chi connectivity index (χ3n) is 10.8. The summed E-state index contributed by atoms with van der Waals surface area (Å²) in [6.07, 6.45) is 8.04. The van der Waals surface area contributed by atoms with Crippen LogP contribution in [0.2, 0.25) is 0 Å². The van der Waals surface area contributed by atoms with Gasteiger partial charge in [0.2, 0.25) is 11.8 Å². The molecule has 2 saturated carbocycles. The summed E-state index contributed by atoms with van der Waals surface area (Å²) in [6, 6.07) is 16.3. The lowest BCUT2D eigenvalue weighted by molar-refractivity contribution is -0.129. The summed E-state index contributed by atoms with van der Waals surface area (Å²) in [4.78, 5) is 43.4. The van der Waals surface area contributed by atoms with Crippen LogP contribution in [-0.4, -0.2) is 71.3 Å². The van der Waals surface area contributed by atoms with Gasteiger partial charge in [0.25, 0.3) is 5.91 Å². The summed E-state index contributed by atoms with van der Waals surface area (Å²) < 4.78 is 7.10. The topological polar surface area (TPSA) is 118 Å². The molecule has 46 heavy (non-hydrogen) atoms. The molecule has 2 heterocycles. The van der Waals surface area contributed by atoms with Crippen molar-refractivity contribution in [3.8, 4) is 0 Å². The molecule has 1 aromatic heterocycles. The minimum Gasteiger partial charge on any atom is -0.379 e. The molecule has 3 aromatic rings. The van der Waals surface area contributed by atoms with Crippen LogP contribution in [0.25, 0.3) is 0 Å². The molecule has 1 aliphatic heterocycles. The van der Waals surface area contributed by atoms with E-state index in [4.69, 9.17) is 4.74 Å². The molecule has 2 unspecified atom stereocenters. The predicted octanol–water partition coefficient (Wildman–Crippen LogP) is 3.96. The van der Waals surface area contributed by atoms with E-state index in [1.165, 1.54) is 16.7 Å². The van der Waals surface area contributed by atoms with Crippen LogP contribution < -0.4 is 16.0 Å². The molecule has 3 aliphatic carbocycles. The fourth-order valence-corrected chi connectivity index (χ4v) is 7.80. The van der Waals surface area contributed by atoms with Crippen molar-refractivity contribution in [1.29, 1.82) is 0 Å². The SMILES string of the molecule is Cn1nccc1C(=O)N[C@H](C(=O)Nc1ccc(C(C(=O)NCC2(C)CCC2)N2CCOCC2)cc1)C1c2ccccc2CC12CC2. The van der Waals surface area contributed by atoms with Crippen LogP contribution in [0.5, 0.6) is 0 Å². The second-order valence-electron chi connectivity index (χ2n) is 14.1. The van der Waals surface area contributed by atoms with E-state index in [2.05, 4.69) is 45.0 Å². The van der Waals surface area contributed by atoms with E-state index in [-0.39, 0.29) is 34.5 Å². The number of rotatable bonds is 10. The summed E-state index contributed by atoms with van der Waals surface area (Å²) in [6.45, 7) is 5.45. The van der Waals surface area contributed by atoms with Gasteiger partial charge in [-0.1, -0.05) is 49.7 Å². The Bertz CT molecular complexity index is 1600. The summed E-state index contributed by atoms with van der Waals surface area (Å²) in [5.74, 6) is -0.718. The number of morpholine rings is 1. The predicted molar refractivity (Wildman–Crippen MR) is 174 cm³/mol. The highest BCUT2D eigenvalue weighted by atomic mass is 16.5. The van der Waals surface area contributed by atoms with Gasteiger partial charge in [-0.05, 0) is 77.8 Å². The van der Waals surface area contributed by atoms with Crippen LogP contribution in [0.3, 0.4) is 0 Å². The zero-order chi connectivity index (χ0) is 31.9. The largest absolute Gasteiger partial charge is 0.379 e. The molecule has 3 atom stereocenters. The smallest absolute Gasteiger partial charge is 0.270 e. The highest BCUT2D eigenvalue weighted by molar-refractivity contribution is 6.01. The standard InChI is InChI=1S/C36H44N6O4/c1-35(13-5-14-35)23-37-34(45)31(42-18-20-46-21-19-42)24-8-10-26(11-9-24)39-33(44)30(40-32(43)28-12-17-38-41(28)2)29-27-7-4-3-6-25(27)22-36(29)15-16-36/h3-4,6-12,17,29-31H,5,13-16,18-23H2,1-2H3,(H,37,45)(H,39,44)(H,40,43)/t29?,30-,31?/m0/s1. The van der Waals surface area contributed by atoms with Gasteiger partial charge >= 0.3 is 0 Å². The summed E-state index contributed by atoms with van der Waals surface area (Å²) in [5, 5.41) is 13.6. The zero-order valence-corrected chi connectivity index (χ0v) is 26.8. The van der Waals surface area contributed by atoms with Gasteiger partial charge in [0.05, 0.1) is 13.2 Å². The number of nitrogens with one attached hydrogen (secondary N) is 3. The molecule has 0 bridgehead atoms. The first kappa shape index (κ1) is 30.6. The Hall–Kier alpha value is -4.02. The van der Waals surface area contributed by atoms with Gasteiger partial charge in [0, 0.05) is 44.5 Å². The molecule has 3 N–H and O–H groups in total. The number of amides is 3. The molecular formula is C36H44N6O4. The van der Waals surface area contributed by atoms with E-state index in [0.717, 1.165) is 43.2 Å². The third-order valence-corrected chi connectivity index (χ3v) is 10.8. The molecule has 1 spiro atoms. The Morgan fingerprint density at radius 3 is 2.37 bits per heavy atom. The number of anilines is 1. The van der Waals surface area contributed by atoms with Crippen LogP contribution in [0.15, 0.2) is 60.8 Å². The lowest BCUT2D eigenvalue weighted by atomic mass is 9.70. The molecule has 4 aliphatic rings. The Morgan fingerprint density at radius 1 is 0.978 bits per heavy atom. The number of fused-ring (bicyclic) bond motifs is 1. The van der Waals surface area contributed by atoms with Crippen LogP contribution in [-0.2, 0) is 27.8 Å². The van der Waals surface area contributed by atoms with Gasteiger partial charge in [0.1, 0.15) is 17.8 Å². The van der Waals surface area contributed by atoms with E-state index in [1.54, 1.807) is 19.3 Å². The van der Waals surface area contributed by atoms with Gasteiger partial charge in [0.15, 0.2) is 0 Å². The number of benzene rings is 2. The minimum absolute atomic E-state index is 0.000572. The first-order valence-electron chi connectivity index (χ1n) is 16.6. The van der Waals surface area contributed by atoms with E-state index in [1.807, 2.05) is 36.4 Å². The number of nitrogens with zero attached hydrogens (tertiary/aromatic N) is 3. The van der Waals surface area contributed by atoms with Crippen LogP contribution >= 0.6 is 0 Å². The van der Waals surface area contributed by atoms with Crippen LogP contribution in [0, 0.1) is 10.8 Å². The monoisotopic (exact) mass is 624 g/mol. The van der Waals surface area contributed by atoms with Gasteiger partial charge < -0.3 is 20.7 Å². The number of aryl methyl sites for hydroxylation is 1. The molecule has 3 fully saturated rings. The number of hydrogen-bond donors (Lipinski definition) is 3. The van der Waals surface area contributed by atoms with Crippen molar-refractivity contribution in [3.63, 3.8) is 0 Å². The second kappa shape index (κ2) is 12.3. The van der Waals surface area contributed by atoms with Crippen molar-refractivity contribution in [1.82, 2.24) is 25.3 Å². The molecule has 242 valence electrons. The van der Waals surface area contributed by atoms with E-state index in [0.29, 0.717) is 44.2 Å². The fourth-order valence-electron chi connectivity index (χ4n) is 7.80. The maximum Gasteiger partial charge on any atom is 0.270 e. The highest BCUT2D eigenvalue weighted by Crippen LogP contribution is 2.64. The Kier molecular flexibility index (Phi) is 8.19. The van der Waals surface area contributed by atoms with Crippen molar-refractivity contribution in [2.24, 2.45) is 17.9 Å². The average Bonchev–Trinajstić information content (AvgIpc) is 3.55. The zero-order valence-electron chi connectivity index (χ0n) is 26.8. The normalized spacial score (nSPS) is 22.3. The lowest BCUT2D eigenvalue weighted by Gasteiger charge is -2.40. The first-order valence-corrected chi connectivity index (χ1v) is 16.6. The Balaban J connectivity index is 1.12. The second-order valence-corrected chi connectivity index (χ2v) is 14.1. The number of aromatic nitrogens is 2. The number of carbonyl (C=O) groups excluding carboxylic acids is 3. The molecule has 3 amide bonds. The molecule has 0 radical (unpaired) electrons. The quantitative estimate of drug-likeness (QED) is 0.315. The highest BCUT2D eigenvalue weighted by Gasteiger charge is 2.58. The Morgan fingerprint density at radius 2 is 1.72 bits per heavy atom. The van der Waals surface area contributed by atoms with Gasteiger partial charge in [-0.3, -0.25) is 24.0 Å². The van der Waals surface area contributed by atoms with E-state index in [9.17, 15) is 14.4 Å². The number of carbonyl (C=O) groups is 3. The van der Waals surface area contributed by atoms with Gasteiger partial charge in [-0.25, -0.2) is 0 Å². The summed E-state index contributed by atoms with van der Waals surface area (Å²) in [5.41, 5.74) is 4.44. The van der Waals surface area contributed by atoms with Crippen molar-refractivity contribution < 1.29 is 19.1 Å². The molecule has 7 rings (SSSR count). The molecular weight excluding hydrogens is 580 g/mol. The van der Waals surface area contributed by atoms with Crippen molar-refractivity contribution >= 4 is 23.4 Å². The average molecular weight is 625 g/mol. The van der Waals surface area contributed by atoms with Crippen molar-refractivity contribution in [3.05, 3.63) is 83.2 Å². The summed E-state index contributed by atoms with van der Waals surface area (Å²) >= 11 is 0. The van der Waals surface area contributed by atoms with Crippen molar-refractivity contribution in [2.45, 2.75) is 63.5 Å². The molecule has 10 nitrogen and oxygen atoms in total. The minimum atomic E-state index is -0.770. The third kappa shape index (κ3) is 5.96. The lowest BCUT2D eigenvalue weighted by Crippen LogP contribution is -2.49. The fraction of sp³-hybridized carbons (Fsp3) is 0.500. The molecule has 2 aromatic carbocycles. The maximum atomic E-state index is 14.2. The van der Waals surface area contributed by atoms with E-state index >= 15 is 0 Å². The number of ether oxygens (including phenoxy) is 1. The Labute approximate surface area is 270 Å². The van der Waals surface area contributed by atoms with Crippen molar-refractivity contribution in [2.75, 3.05) is 38.2 Å². The van der Waals surface area contributed by atoms with E-state index < -0.39 is 12.1 Å². The molecule has 10 heteroatoms. The molecule has 1 saturated heterocycles. The number of hydrogen-bond acceptors (Lipinski definition) is 6. The summed E-state index contributed by atoms with van der Waals surface area (Å²) in [7, 11) is 1.72.